The van der Waals surface area contributed by atoms with Crippen LogP contribution < -0.4 is 0 Å². The van der Waals surface area contributed by atoms with Crippen LogP contribution in [0, 0.1) is 0 Å². The van der Waals surface area contributed by atoms with Crippen LogP contribution in [-0.4, -0.2) is 0 Å². The van der Waals surface area contributed by atoms with Crippen molar-refractivity contribution in [2.45, 2.75) is 0 Å². The molecule has 0 radical (unpaired) electrons. The molecular formula is H6P9W-5. The van der Waals surface area contributed by atoms with Crippen LogP contribution in [0.4, 0.5) is 0 Å². The van der Waals surface area contributed by atoms with Crippen molar-refractivity contribution >= 4 is 73.6 Å². The molecule has 0 fully saturated rings. The molecule has 0 aliphatic heterocycles. The molecule has 0 bridgehead atoms. The van der Waals surface area contributed by atoms with E-state index in [1.807, 2.05) is 0 Å². The summed E-state index contributed by atoms with van der Waals surface area (Å²) >= 11 is 0. The van der Waals surface area contributed by atoms with E-state index in [0.717, 1.165) is 7.96 Å². The molecular weight excluding hydrogens is 463 g/mol. The monoisotopic (exact) mass is 469 g/mol. The molecule has 0 aliphatic carbocycles. The molecule has 62 valence electrons. The van der Waals surface area contributed by atoms with E-state index in [9.17, 15) is 0 Å². The molecule has 2 atom stereocenters. The van der Waals surface area contributed by atoms with Gasteiger partial charge in [0, 0.05) is 21.1 Å². The fourth-order valence-corrected chi connectivity index (χ4v) is 33.9. The van der Waals surface area contributed by atoms with E-state index in [2.05, 4.69) is 44.6 Å². The molecule has 0 heterocycles. The zero-order valence-corrected chi connectivity index (χ0v) is 16.4. The first-order valence-corrected chi connectivity index (χ1v) is 15.9. The van der Waals surface area contributed by atoms with Gasteiger partial charge in [-0.05, 0) is 0 Å². The Bertz CT molecular complexity index is 67.1. The second-order valence-corrected chi connectivity index (χ2v) is 28.6. The van der Waals surface area contributed by atoms with Crippen molar-refractivity contribution in [3.05, 3.63) is 0 Å². The Labute approximate surface area is 94.0 Å². The maximum atomic E-state index is 3.65. The molecule has 0 N–H and O–H groups in total. The maximum absolute atomic E-state index is 3.65. The minimum absolute atomic E-state index is 0. The third kappa shape index (κ3) is 10.6. The zero-order chi connectivity index (χ0) is 7.44. The van der Waals surface area contributed by atoms with Gasteiger partial charge in [0.2, 0.25) is 0 Å². The quantitative estimate of drug-likeness (QED) is 0.436. The molecule has 0 spiro atoms. The second kappa shape index (κ2) is 10.1. The van der Waals surface area contributed by atoms with Crippen LogP contribution in [0.15, 0.2) is 0 Å². The minimum atomic E-state index is -0.138. The van der Waals surface area contributed by atoms with E-state index >= 15 is 0 Å². The summed E-state index contributed by atoms with van der Waals surface area (Å²) in [5.41, 5.74) is 0. The molecule has 10 heavy (non-hydrogen) atoms. The van der Waals surface area contributed by atoms with Gasteiger partial charge in [-0.3, -0.25) is 6.99 Å². The van der Waals surface area contributed by atoms with E-state index in [4.69, 9.17) is 0 Å². The molecule has 0 aromatic heterocycles. The SMILES string of the molecule is [PH-]P([PH-])PP([PH-])P([PH-])[PH-].[W]. The van der Waals surface area contributed by atoms with Crippen molar-refractivity contribution in [2.75, 3.05) is 0 Å². The number of rotatable bonds is 3. The summed E-state index contributed by atoms with van der Waals surface area (Å²) in [5.74, 6) is 0. The maximum Gasteiger partial charge on any atom is 0 e. The van der Waals surface area contributed by atoms with Crippen molar-refractivity contribution in [3.63, 3.8) is 0 Å². The van der Waals surface area contributed by atoms with Crippen molar-refractivity contribution in [1.82, 2.24) is 0 Å². The van der Waals surface area contributed by atoms with Gasteiger partial charge in [-0.15, -0.1) is 0 Å². The molecule has 0 nitrogen and oxygen atoms in total. The van der Waals surface area contributed by atoms with Gasteiger partial charge in [-0.1, -0.05) is 0 Å². The Balaban J connectivity index is 0. The second-order valence-electron chi connectivity index (χ2n) is 1.06. The fourth-order valence-electron chi connectivity index (χ4n) is 0.139. The summed E-state index contributed by atoms with van der Waals surface area (Å²) in [6.07, 6.45) is 0. The molecule has 0 saturated heterocycles. The van der Waals surface area contributed by atoms with Crippen LogP contribution in [0.3, 0.4) is 0 Å². The summed E-state index contributed by atoms with van der Waals surface area (Å²) in [6.45, 7) is -0.260. The normalized spacial score (nSPS) is 14.7. The predicted octanol–water partition coefficient (Wildman–Crippen LogP) is 6.14. The van der Waals surface area contributed by atoms with Crippen LogP contribution in [0.2, 0.25) is 0 Å². The summed E-state index contributed by atoms with van der Waals surface area (Å²) < 4.78 is 0. The Morgan fingerprint density at radius 1 is 0.900 bits per heavy atom. The largest absolute Gasteiger partial charge is 0.555 e. The van der Waals surface area contributed by atoms with Crippen molar-refractivity contribution in [2.24, 2.45) is 0 Å². The van der Waals surface area contributed by atoms with E-state index < -0.39 is 0 Å². The minimum Gasteiger partial charge on any atom is -0.555 e. The average molecular weight is 469 g/mol. The Kier molecular flexibility index (Phi) is 17.1. The third-order valence-electron chi connectivity index (χ3n) is 0.395. The van der Waals surface area contributed by atoms with Gasteiger partial charge in [-0.2, -0.15) is 7.96 Å². The zero-order valence-electron chi connectivity index (χ0n) is 4.75. The molecule has 2 unspecified atom stereocenters. The van der Waals surface area contributed by atoms with Gasteiger partial charge in [0.25, 0.3) is 0 Å². The smallest absolute Gasteiger partial charge is 0 e. The van der Waals surface area contributed by atoms with Crippen molar-refractivity contribution in [3.8, 4) is 0 Å². The first-order chi connectivity index (χ1) is 4.04. The summed E-state index contributed by atoms with van der Waals surface area (Å²) in [6, 6.07) is 0. The van der Waals surface area contributed by atoms with E-state index in [0.29, 0.717) is 0 Å². The van der Waals surface area contributed by atoms with Crippen LogP contribution in [-0.2, 0) is 21.1 Å². The first kappa shape index (κ1) is 17.0. The molecule has 0 rings (SSSR count). The average Bonchev–Trinajstić information content (AvgIpc) is 1.63. The fraction of sp³-hybridized carbons (Fsp3) is 0. The van der Waals surface area contributed by atoms with Gasteiger partial charge < -0.3 is 58.6 Å². The summed E-state index contributed by atoms with van der Waals surface area (Å²) in [5, 5.41) is 0. The van der Waals surface area contributed by atoms with Gasteiger partial charge >= 0.3 is 0 Å². The van der Waals surface area contributed by atoms with E-state index in [-0.39, 0.29) is 42.0 Å². The third-order valence-corrected chi connectivity index (χ3v) is 32.0. The van der Waals surface area contributed by atoms with Crippen LogP contribution >= 0.6 is 73.6 Å². The van der Waals surface area contributed by atoms with Crippen molar-refractivity contribution in [1.29, 1.82) is 0 Å². The molecule has 0 aliphatic rings. The summed E-state index contributed by atoms with van der Waals surface area (Å²) in [4.78, 5) is 0. The standard InChI is InChI=1S/H6P9.W/c1-7(2)6-9(5)8(3)4;/h1-6H;/q-5;. The van der Waals surface area contributed by atoms with Gasteiger partial charge in [0.05, 0.1) is 0 Å². The Morgan fingerprint density at radius 2 is 1.30 bits per heavy atom. The van der Waals surface area contributed by atoms with Gasteiger partial charge in [0.15, 0.2) is 0 Å². The van der Waals surface area contributed by atoms with E-state index in [1.165, 1.54) is 0 Å². The van der Waals surface area contributed by atoms with Gasteiger partial charge in [-0.25, -0.2) is 0 Å². The number of hydrogen-bond acceptors (Lipinski definition) is 0. The Morgan fingerprint density at radius 3 is 1.40 bits per heavy atom. The van der Waals surface area contributed by atoms with Crippen molar-refractivity contribution < 1.29 is 21.1 Å². The van der Waals surface area contributed by atoms with Crippen LogP contribution in [0.25, 0.3) is 0 Å². The topological polar surface area (TPSA) is 0 Å². The molecule has 10 heteroatoms. The van der Waals surface area contributed by atoms with E-state index in [1.54, 1.807) is 0 Å². The number of hydrogen-bond donors (Lipinski definition) is 0. The molecule has 0 amide bonds. The first-order valence-electron chi connectivity index (χ1n) is 1.77. The predicted molar refractivity (Wildman–Crippen MR) is 70.6 cm³/mol. The molecule has 0 saturated carbocycles. The molecule has 0 aromatic carbocycles. The Hall–Kier alpha value is 4.56. The van der Waals surface area contributed by atoms with Crippen LogP contribution in [0.5, 0.6) is 0 Å². The van der Waals surface area contributed by atoms with Crippen LogP contribution in [0.1, 0.15) is 0 Å². The molecule has 0 aromatic rings. The summed E-state index contributed by atoms with van der Waals surface area (Å²) in [7, 11) is 18.8. The van der Waals surface area contributed by atoms with Gasteiger partial charge in [0.1, 0.15) is 0 Å².